The highest BCUT2D eigenvalue weighted by Crippen LogP contribution is 2.27. The first-order valence-electron chi connectivity index (χ1n) is 6.71. The summed E-state index contributed by atoms with van der Waals surface area (Å²) in [5.41, 5.74) is 2.93. The minimum atomic E-state index is -0.182. The maximum atomic E-state index is 13.9. The summed E-state index contributed by atoms with van der Waals surface area (Å²) in [6.07, 6.45) is 0.683. The number of hydrogen-bond donors (Lipinski definition) is 1. The van der Waals surface area contributed by atoms with Crippen molar-refractivity contribution >= 4 is 0 Å². The van der Waals surface area contributed by atoms with Gasteiger partial charge in [-0.3, -0.25) is 0 Å². The van der Waals surface area contributed by atoms with Crippen LogP contribution in [0.2, 0.25) is 0 Å². The molecule has 2 aromatic rings. The molecule has 2 nitrogen and oxygen atoms in total. The smallest absolute Gasteiger partial charge is 0.127 e. The molecule has 0 aliphatic heterocycles. The predicted molar refractivity (Wildman–Crippen MR) is 79.6 cm³/mol. The molecule has 2 rings (SSSR count). The number of ether oxygens (including phenoxy) is 1. The largest absolute Gasteiger partial charge is 0.496 e. The van der Waals surface area contributed by atoms with Gasteiger partial charge < -0.3 is 10.1 Å². The molecule has 0 spiro atoms. The number of halogens is 1. The molecule has 0 amide bonds. The fraction of sp³-hybridized carbons (Fsp3) is 0.294. The lowest BCUT2D eigenvalue weighted by Crippen LogP contribution is -2.20. The molecule has 0 aliphatic carbocycles. The van der Waals surface area contributed by atoms with Crippen LogP contribution in [0.5, 0.6) is 5.75 Å². The van der Waals surface area contributed by atoms with Gasteiger partial charge in [0.25, 0.3) is 0 Å². The molecule has 2 aromatic carbocycles. The van der Waals surface area contributed by atoms with Gasteiger partial charge in [-0.05, 0) is 38.1 Å². The third-order valence-corrected chi connectivity index (χ3v) is 3.49. The van der Waals surface area contributed by atoms with Gasteiger partial charge in [0, 0.05) is 11.6 Å². The second-order valence-corrected chi connectivity index (χ2v) is 4.88. The Hall–Kier alpha value is -1.87. The molecule has 3 heteroatoms. The molecule has 1 unspecified atom stereocenters. The van der Waals surface area contributed by atoms with Crippen LogP contribution in [0.25, 0.3) is 0 Å². The van der Waals surface area contributed by atoms with E-state index in [0.717, 1.165) is 11.3 Å². The van der Waals surface area contributed by atoms with E-state index < -0.39 is 0 Å². The van der Waals surface area contributed by atoms with Crippen LogP contribution in [-0.4, -0.2) is 14.2 Å². The van der Waals surface area contributed by atoms with Crippen LogP contribution in [0.3, 0.4) is 0 Å². The molecule has 0 aliphatic rings. The van der Waals surface area contributed by atoms with Crippen LogP contribution in [0.15, 0.2) is 42.5 Å². The molecule has 0 radical (unpaired) electrons. The zero-order chi connectivity index (χ0) is 14.5. The van der Waals surface area contributed by atoms with E-state index in [1.807, 2.05) is 38.2 Å². The topological polar surface area (TPSA) is 21.3 Å². The van der Waals surface area contributed by atoms with Gasteiger partial charge in [0.05, 0.1) is 7.11 Å². The summed E-state index contributed by atoms with van der Waals surface area (Å²) in [5.74, 6) is 0.658. The van der Waals surface area contributed by atoms with Crippen molar-refractivity contribution in [3.63, 3.8) is 0 Å². The Labute approximate surface area is 119 Å². The van der Waals surface area contributed by atoms with Crippen molar-refractivity contribution in [2.75, 3.05) is 14.2 Å². The Kier molecular flexibility index (Phi) is 4.74. The first kappa shape index (κ1) is 14.5. The highest BCUT2D eigenvalue weighted by atomic mass is 19.1. The lowest BCUT2D eigenvalue weighted by molar-refractivity contribution is 0.405. The molecule has 20 heavy (non-hydrogen) atoms. The molecular weight excluding hydrogens is 253 g/mol. The van der Waals surface area contributed by atoms with E-state index in [1.165, 1.54) is 11.6 Å². The van der Waals surface area contributed by atoms with E-state index in [9.17, 15) is 4.39 Å². The predicted octanol–water partition coefficient (Wildman–Crippen LogP) is 3.65. The Morgan fingerprint density at radius 2 is 1.95 bits per heavy atom. The van der Waals surface area contributed by atoms with Crippen molar-refractivity contribution in [1.29, 1.82) is 0 Å². The number of benzene rings is 2. The van der Waals surface area contributed by atoms with Gasteiger partial charge in [-0.25, -0.2) is 4.39 Å². The summed E-state index contributed by atoms with van der Waals surface area (Å²) < 4.78 is 19.3. The van der Waals surface area contributed by atoms with E-state index in [-0.39, 0.29) is 11.9 Å². The van der Waals surface area contributed by atoms with Gasteiger partial charge in [-0.1, -0.05) is 35.9 Å². The maximum Gasteiger partial charge on any atom is 0.127 e. The Balaban J connectivity index is 2.31. The van der Waals surface area contributed by atoms with Crippen molar-refractivity contribution in [2.45, 2.75) is 19.4 Å². The van der Waals surface area contributed by atoms with E-state index >= 15 is 0 Å². The molecule has 1 atom stereocenters. The molecule has 0 saturated carbocycles. The number of methoxy groups -OCH3 is 1. The fourth-order valence-corrected chi connectivity index (χ4v) is 2.41. The first-order valence-corrected chi connectivity index (χ1v) is 6.71. The van der Waals surface area contributed by atoms with E-state index in [2.05, 4.69) is 11.4 Å². The fourth-order valence-electron chi connectivity index (χ4n) is 2.41. The molecule has 0 saturated heterocycles. The highest BCUT2D eigenvalue weighted by Gasteiger charge is 2.16. The minimum Gasteiger partial charge on any atom is -0.496 e. The quantitative estimate of drug-likeness (QED) is 0.898. The van der Waals surface area contributed by atoms with E-state index in [0.29, 0.717) is 12.0 Å². The van der Waals surface area contributed by atoms with Gasteiger partial charge in [-0.15, -0.1) is 0 Å². The zero-order valence-corrected chi connectivity index (χ0v) is 12.1. The maximum absolute atomic E-state index is 13.9. The average molecular weight is 273 g/mol. The first-order chi connectivity index (χ1) is 9.65. The molecule has 0 aromatic heterocycles. The van der Waals surface area contributed by atoms with Crippen LogP contribution in [0.1, 0.15) is 22.7 Å². The number of nitrogens with one attached hydrogen (secondary N) is 1. The summed E-state index contributed by atoms with van der Waals surface area (Å²) in [5, 5.41) is 3.18. The molecular formula is C17H20FNO. The summed E-state index contributed by atoms with van der Waals surface area (Å²) >= 11 is 0. The van der Waals surface area contributed by atoms with Crippen molar-refractivity contribution in [3.8, 4) is 5.75 Å². The lowest BCUT2D eigenvalue weighted by atomic mass is 9.97. The van der Waals surface area contributed by atoms with Crippen LogP contribution in [-0.2, 0) is 6.42 Å². The Morgan fingerprint density at radius 3 is 2.60 bits per heavy atom. The number of likely N-dealkylation sites (N-methyl/N-ethyl adjacent to an activating group) is 1. The lowest BCUT2D eigenvalue weighted by Gasteiger charge is -2.19. The van der Waals surface area contributed by atoms with Crippen molar-refractivity contribution in [2.24, 2.45) is 0 Å². The summed E-state index contributed by atoms with van der Waals surface area (Å²) in [4.78, 5) is 0. The molecule has 106 valence electrons. The number of rotatable bonds is 5. The van der Waals surface area contributed by atoms with Gasteiger partial charge in [0.2, 0.25) is 0 Å². The number of aryl methyl sites for hydroxylation is 1. The normalized spacial score (nSPS) is 12.2. The Bertz CT molecular complexity index is 583. The van der Waals surface area contributed by atoms with Crippen LogP contribution in [0, 0.1) is 12.7 Å². The van der Waals surface area contributed by atoms with Crippen molar-refractivity contribution < 1.29 is 9.13 Å². The zero-order valence-electron chi connectivity index (χ0n) is 12.1. The minimum absolute atomic E-state index is 0.0769. The third-order valence-electron chi connectivity index (χ3n) is 3.49. The van der Waals surface area contributed by atoms with Crippen molar-refractivity contribution in [3.05, 3.63) is 65.0 Å². The van der Waals surface area contributed by atoms with Crippen LogP contribution in [0.4, 0.5) is 4.39 Å². The van der Waals surface area contributed by atoms with Gasteiger partial charge in [0.1, 0.15) is 11.6 Å². The molecule has 0 bridgehead atoms. The Morgan fingerprint density at radius 1 is 1.20 bits per heavy atom. The summed E-state index contributed by atoms with van der Waals surface area (Å²) in [6.45, 7) is 2.04. The van der Waals surface area contributed by atoms with Gasteiger partial charge in [0.15, 0.2) is 0 Å². The summed E-state index contributed by atoms with van der Waals surface area (Å²) in [7, 11) is 3.50. The van der Waals surface area contributed by atoms with Gasteiger partial charge >= 0.3 is 0 Å². The second-order valence-electron chi connectivity index (χ2n) is 4.88. The third kappa shape index (κ3) is 3.17. The van der Waals surface area contributed by atoms with E-state index in [1.54, 1.807) is 13.2 Å². The highest BCUT2D eigenvalue weighted by molar-refractivity contribution is 5.38. The monoisotopic (exact) mass is 273 g/mol. The van der Waals surface area contributed by atoms with Crippen molar-refractivity contribution in [1.82, 2.24) is 5.32 Å². The summed E-state index contributed by atoms with van der Waals surface area (Å²) in [6, 6.07) is 12.9. The van der Waals surface area contributed by atoms with E-state index in [4.69, 9.17) is 4.74 Å². The van der Waals surface area contributed by atoms with Crippen LogP contribution < -0.4 is 10.1 Å². The van der Waals surface area contributed by atoms with Crippen LogP contribution >= 0.6 is 0 Å². The second kappa shape index (κ2) is 6.53. The average Bonchev–Trinajstić information content (AvgIpc) is 2.46. The standard InChI is InChI=1S/C17H20FNO/c1-12-8-9-17(20-3)13(10-12)11-16(19-2)14-6-4-5-7-15(14)18/h4-10,16,19H,11H2,1-3H3. The molecule has 1 N–H and O–H groups in total. The molecule has 0 fully saturated rings. The van der Waals surface area contributed by atoms with Gasteiger partial charge in [-0.2, -0.15) is 0 Å². The SMILES string of the molecule is CNC(Cc1cc(C)ccc1OC)c1ccccc1F. The molecule has 0 heterocycles. The number of hydrogen-bond acceptors (Lipinski definition) is 2.